The van der Waals surface area contributed by atoms with Gasteiger partial charge in [0.1, 0.15) is 5.76 Å². The maximum absolute atomic E-state index is 12.5. The predicted molar refractivity (Wildman–Crippen MR) is 107 cm³/mol. The van der Waals surface area contributed by atoms with Crippen molar-refractivity contribution in [2.75, 3.05) is 10.6 Å². The summed E-state index contributed by atoms with van der Waals surface area (Å²) in [7, 11) is -3.79. The Kier molecular flexibility index (Phi) is 5.96. The van der Waals surface area contributed by atoms with Crippen molar-refractivity contribution in [1.29, 1.82) is 0 Å². The molecule has 0 bridgehead atoms. The number of carbonyl (C=O) groups is 2. The first-order valence-electron chi connectivity index (χ1n) is 8.43. The molecule has 3 rings (SSSR count). The number of rotatable bonds is 7. The van der Waals surface area contributed by atoms with Gasteiger partial charge in [0.2, 0.25) is 10.0 Å². The van der Waals surface area contributed by atoms with Crippen molar-refractivity contribution in [3.05, 3.63) is 78.3 Å². The standard InChI is InChI=1S/C19H18N4O5S/c20-19(25)23-14-8-6-13(7-9-14)18(24)22-15-3-1-5-17(11-15)29(26,27)21-12-16-4-2-10-28-16/h1-11,21H,12H2,(H,22,24)(H3,20,23,25). The summed E-state index contributed by atoms with van der Waals surface area (Å²) >= 11 is 0. The highest BCUT2D eigenvalue weighted by molar-refractivity contribution is 7.89. The van der Waals surface area contributed by atoms with Crippen LogP contribution in [0.4, 0.5) is 16.2 Å². The van der Waals surface area contributed by atoms with Crippen LogP contribution in [0, 0.1) is 0 Å². The summed E-state index contributed by atoms with van der Waals surface area (Å²) in [4.78, 5) is 23.2. The monoisotopic (exact) mass is 414 g/mol. The summed E-state index contributed by atoms with van der Waals surface area (Å²) in [5.74, 6) is 0.0426. The van der Waals surface area contributed by atoms with Gasteiger partial charge < -0.3 is 20.8 Å². The van der Waals surface area contributed by atoms with E-state index in [-0.39, 0.29) is 11.4 Å². The van der Waals surface area contributed by atoms with E-state index in [1.807, 2.05) is 0 Å². The maximum atomic E-state index is 12.5. The summed E-state index contributed by atoms with van der Waals surface area (Å²) in [5.41, 5.74) is 6.12. The van der Waals surface area contributed by atoms with E-state index in [1.54, 1.807) is 18.2 Å². The summed E-state index contributed by atoms with van der Waals surface area (Å²) in [6.45, 7) is 0.0115. The number of primary amides is 1. The zero-order valence-electron chi connectivity index (χ0n) is 15.1. The van der Waals surface area contributed by atoms with E-state index in [1.165, 1.54) is 48.7 Å². The van der Waals surface area contributed by atoms with Gasteiger partial charge in [0.05, 0.1) is 17.7 Å². The van der Waals surface area contributed by atoms with Crippen molar-refractivity contribution in [2.45, 2.75) is 11.4 Å². The number of nitrogens with two attached hydrogens (primary N) is 1. The first-order valence-corrected chi connectivity index (χ1v) is 9.92. The summed E-state index contributed by atoms with van der Waals surface area (Å²) in [6, 6.07) is 14.6. The predicted octanol–water partition coefficient (Wildman–Crippen LogP) is 2.50. The van der Waals surface area contributed by atoms with Gasteiger partial charge in [0.25, 0.3) is 5.91 Å². The number of nitrogens with one attached hydrogen (secondary N) is 3. The number of anilines is 2. The smallest absolute Gasteiger partial charge is 0.316 e. The van der Waals surface area contributed by atoms with E-state index >= 15 is 0 Å². The molecule has 0 unspecified atom stereocenters. The Hall–Kier alpha value is -3.63. The van der Waals surface area contributed by atoms with Gasteiger partial charge in [0, 0.05) is 16.9 Å². The van der Waals surface area contributed by atoms with E-state index in [2.05, 4.69) is 15.4 Å². The Morgan fingerprint density at radius 1 is 0.931 bits per heavy atom. The molecule has 3 aromatic rings. The van der Waals surface area contributed by atoms with Crippen LogP contribution in [0.2, 0.25) is 0 Å². The maximum Gasteiger partial charge on any atom is 0.316 e. The van der Waals surface area contributed by atoms with Gasteiger partial charge in [-0.05, 0) is 54.6 Å². The lowest BCUT2D eigenvalue weighted by atomic mass is 10.2. The topological polar surface area (TPSA) is 144 Å². The van der Waals surface area contributed by atoms with Crippen molar-refractivity contribution >= 4 is 33.3 Å². The van der Waals surface area contributed by atoms with Crippen LogP contribution in [0.25, 0.3) is 0 Å². The molecule has 1 aromatic heterocycles. The first kappa shape index (κ1) is 20.1. The number of carbonyl (C=O) groups excluding carboxylic acids is 2. The van der Waals surface area contributed by atoms with Gasteiger partial charge in [-0.25, -0.2) is 17.9 Å². The lowest BCUT2D eigenvalue weighted by molar-refractivity contribution is 0.102. The Balaban J connectivity index is 1.68. The normalized spacial score (nSPS) is 11.0. The van der Waals surface area contributed by atoms with Crippen molar-refractivity contribution in [1.82, 2.24) is 4.72 Å². The largest absolute Gasteiger partial charge is 0.468 e. The van der Waals surface area contributed by atoms with E-state index in [4.69, 9.17) is 10.2 Å². The van der Waals surface area contributed by atoms with Crippen LogP contribution in [0.15, 0.2) is 76.2 Å². The first-order chi connectivity index (χ1) is 13.8. The Morgan fingerprint density at radius 2 is 1.69 bits per heavy atom. The van der Waals surface area contributed by atoms with Crippen LogP contribution in [0.3, 0.4) is 0 Å². The van der Waals surface area contributed by atoms with Crippen LogP contribution in [0.1, 0.15) is 16.1 Å². The van der Waals surface area contributed by atoms with Crippen molar-refractivity contribution in [2.24, 2.45) is 5.73 Å². The van der Waals surface area contributed by atoms with E-state index in [0.717, 1.165) is 0 Å². The van der Waals surface area contributed by atoms with Crippen LogP contribution in [0.5, 0.6) is 0 Å². The molecule has 0 aliphatic carbocycles. The lowest BCUT2D eigenvalue weighted by Gasteiger charge is -2.09. The second-order valence-corrected chi connectivity index (χ2v) is 7.72. The van der Waals surface area contributed by atoms with Gasteiger partial charge in [-0.3, -0.25) is 4.79 Å². The highest BCUT2D eigenvalue weighted by Crippen LogP contribution is 2.17. The van der Waals surface area contributed by atoms with Gasteiger partial charge in [0.15, 0.2) is 0 Å². The average molecular weight is 414 g/mol. The van der Waals surface area contributed by atoms with Crippen molar-refractivity contribution in [3.63, 3.8) is 0 Å². The van der Waals surface area contributed by atoms with Crippen molar-refractivity contribution < 1.29 is 22.4 Å². The van der Waals surface area contributed by atoms with E-state index in [0.29, 0.717) is 22.7 Å². The molecule has 3 amide bonds. The second-order valence-electron chi connectivity index (χ2n) is 5.95. The van der Waals surface area contributed by atoms with E-state index in [9.17, 15) is 18.0 Å². The van der Waals surface area contributed by atoms with Crippen LogP contribution in [-0.4, -0.2) is 20.4 Å². The zero-order valence-corrected chi connectivity index (χ0v) is 15.9. The molecule has 1 heterocycles. The molecule has 29 heavy (non-hydrogen) atoms. The van der Waals surface area contributed by atoms with E-state index < -0.39 is 22.0 Å². The zero-order chi connectivity index (χ0) is 20.9. The number of amides is 3. The molecule has 2 aromatic carbocycles. The molecule has 0 aliphatic rings. The average Bonchev–Trinajstić information content (AvgIpc) is 3.20. The molecule has 0 fully saturated rings. The Morgan fingerprint density at radius 3 is 2.34 bits per heavy atom. The molecule has 0 aliphatic heterocycles. The lowest BCUT2D eigenvalue weighted by Crippen LogP contribution is -2.23. The number of urea groups is 1. The molecule has 0 saturated heterocycles. The third-order valence-corrected chi connectivity index (χ3v) is 5.23. The fourth-order valence-corrected chi connectivity index (χ4v) is 3.49. The number of hydrogen-bond acceptors (Lipinski definition) is 5. The number of sulfonamides is 1. The molecule has 0 saturated carbocycles. The molecule has 0 radical (unpaired) electrons. The third-order valence-electron chi connectivity index (χ3n) is 3.83. The molecule has 0 atom stereocenters. The summed E-state index contributed by atoms with van der Waals surface area (Å²) < 4.78 is 32.4. The fraction of sp³-hybridized carbons (Fsp3) is 0.0526. The Bertz CT molecular complexity index is 1110. The number of hydrogen-bond donors (Lipinski definition) is 4. The SMILES string of the molecule is NC(=O)Nc1ccc(C(=O)Nc2cccc(S(=O)(=O)NCc3ccco3)c2)cc1. The fourth-order valence-electron chi connectivity index (χ4n) is 2.45. The highest BCUT2D eigenvalue weighted by atomic mass is 32.2. The molecular weight excluding hydrogens is 396 g/mol. The number of benzene rings is 2. The summed E-state index contributed by atoms with van der Waals surface area (Å²) in [6.07, 6.45) is 1.45. The van der Waals surface area contributed by atoms with Gasteiger partial charge >= 0.3 is 6.03 Å². The van der Waals surface area contributed by atoms with Crippen LogP contribution < -0.4 is 21.1 Å². The number of furan rings is 1. The third kappa shape index (κ3) is 5.43. The molecular formula is C19H18N4O5S. The molecule has 0 spiro atoms. The quantitative estimate of drug-likeness (QED) is 0.470. The minimum Gasteiger partial charge on any atom is -0.468 e. The molecule has 10 heteroatoms. The van der Waals surface area contributed by atoms with Crippen LogP contribution in [-0.2, 0) is 16.6 Å². The second kappa shape index (κ2) is 8.59. The molecule has 5 N–H and O–H groups in total. The van der Waals surface area contributed by atoms with Gasteiger partial charge in [-0.1, -0.05) is 6.07 Å². The van der Waals surface area contributed by atoms with Gasteiger partial charge in [-0.15, -0.1) is 0 Å². The van der Waals surface area contributed by atoms with Crippen molar-refractivity contribution in [3.8, 4) is 0 Å². The molecule has 9 nitrogen and oxygen atoms in total. The molecule has 150 valence electrons. The Labute approximate surface area is 167 Å². The summed E-state index contributed by atoms with van der Waals surface area (Å²) in [5, 5.41) is 5.03. The minimum absolute atomic E-state index is 0.00265. The minimum atomic E-state index is -3.79. The van der Waals surface area contributed by atoms with Gasteiger partial charge in [-0.2, -0.15) is 0 Å². The highest BCUT2D eigenvalue weighted by Gasteiger charge is 2.16. The van der Waals surface area contributed by atoms with Crippen LogP contribution >= 0.6 is 0 Å².